The molecule has 2 aromatic rings. The molecule has 0 unspecified atom stereocenters. The van der Waals surface area contributed by atoms with E-state index in [2.05, 4.69) is 0 Å². The summed E-state index contributed by atoms with van der Waals surface area (Å²) >= 11 is 0. The Morgan fingerprint density at radius 1 is 0.829 bits per heavy atom. The minimum atomic E-state index is -0.583. The molecule has 0 spiro atoms. The number of fused-ring (bicyclic) bond motifs is 5. The first-order valence-corrected chi connectivity index (χ1v) is 12.1. The van der Waals surface area contributed by atoms with Crippen molar-refractivity contribution in [3.8, 4) is 11.5 Å². The normalized spacial score (nSPS) is 29.2. The van der Waals surface area contributed by atoms with Crippen LogP contribution in [0.15, 0.2) is 48.5 Å². The Kier molecular flexibility index (Phi) is 5.12. The number of rotatable bonds is 5. The van der Waals surface area contributed by atoms with Gasteiger partial charge in [-0.2, -0.15) is 0 Å². The molecule has 0 N–H and O–H groups in total. The molecule has 0 aromatic heterocycles. The van der Waals surface area contributed by atoms with Crippen LogP contribution in [-0.2, 0) is 19.2 Å². The molecule has 2 saturated carbocycles. The minimum absolute atomic E-state index is 0.0742. The Morgan fingerprint density at radius 2 is 1.40 bits per heavy atom. The fourth-order valence-corrected chi connectivity index (χ4v) is 6.40. The summed E-state index contributed by atoms with van der Waals surface area (Å²) in [6.45, 7) is 0.240. The smallest absolute Gasteiger partial charge is 0.316 e. The summed E-state index contributed by atoms with van der Waals surface area (Å²) in [7, 11) is 1.57. The number of amides is 3. The number of carbonyl (C=O) groups is 4. The molecule has 2 aliphatic carbocycles. The van der Waals surface area contributed by atoms with Gasteiger partial charge in [0, 0.05) is 18.7 Å². The second kappa shape index (κ2) is 8.22. The van der Waals surface area contributed by atoms with Crippen molar-refractivity contribution in [2.45, 2.75) is 25.7 Å². The van der Waals surface area contributed by atoms with Crippen LogP contribution >= 0.6 is 0 Å². The number of ether oxygens (including phenoxy) is 2. The maximum Gasteiger partial charge on any atom is 0.316 e. The zero-order valence-electron chi connectivity index (χ0n) is 19.4. The second-order valence-corrected chi connectivity index (χ2v) is 9.92. The number of nitrogens with zero attached hydrogens (tertiary/aromatic N) is 2. The van der Waals surface area contributed by atoms with Crippen LogP contribution in [0.4, 0.5) is 11.4 Å². The van der Waals surface area contributed by atoms with Crippen molar-refractivity contribution in [2.24, 2.45) is 29.6 Å². The highest BCUT2D eigenvalue weighted by Gasteiger charge is 2.61. The largest absolute Gasteiger partial charge is 0.497 e. The molecule has 2 heterocycles. The third-order valence-electron chi connectivity index (χ3n) is 8.08. The molecule has 8 heteroatoms. The van der Waals surface area contributed by atoms with Crippen molar-refractivity contribution in [3.63, 3.8) is 0 Å². The van der Waals surface area contributed by atoms with E-state index in [4.69, 9.17) is 9.47 Å². The van der Waals surface area contributed by atoms with E-state index in [-0.39, 0.29) is 42.5 Å². The molecular formula is C27H26N2O6. The van der Waals surface area contributed by atoms with Gasteiger partial charge in [-0.1, -0.05) is 0 Å². The fraction of sp³-hybridized carbons (Fsp3) is 0.407. The van der Waals surface area contributed by atoms with Gasteiger partial charge >= 0.3 is 5.97 Å². The molecule has 2 aliphatic heterocycles. The van der Waals surface area contributed by atoms with Crippen LogP contribution in [0, 0.1) is 29.6 Å². The lowest BCUT2D eigenvalue weighted by Crippen LogP contribution is -2.32. The monoisotopic (exact) mass is 474 g/mol. The highest BCUT2D eigenvalue weighted by atomic mass is 16.5. The Labute approximate surface area is 202 Å². The first-order valence-electron chi connectivity index (χ1n) is 12.1. The van der Waals surface area contributed by atoms with Crippen molar-refractivity contribution < 1.29 is 28.7 Å². The molecule has 0 radical (unpaired) electrons. The number of imide groups is 1. The summed E-state index contributed by atoms with van der Waals surface area (Å²) in [6, 6.07) is 13.6. The van der Waals surface area contributed by atoms with Crippen LogP contribution in [-0.4, -0.2) is 37.3 Å². The number of anilines is 2. The molecule has 35 heavy (non-hydrogen) atoms. The van der Waals surface area contributed by atoms with Crippen molar-refractivity contribution in [3.05, 3.63) is 48.5 Å². The van der Waals surface area contributed by atoms with Crippen LogP contribution in [0.5, 0.6) is 11.5 Å². The van der Waals surface area contributed by atoms with Gasteiger partial charge in [0.05, 0.1) is 30.6 Å². The summed E-state index contributed by atoms with van der Waals surface area (Å²) in [6.07, 6.45) is 3.14. The molecule has 5 atom stereocenters. The van der Waals surface area contributed by atoms with Gasteiger partial charge in [-0.3, -0.25) is 24.1 Å². The zero-order chi connectivity index (χ0) is 24.3. The van der Waals surface area contributed by atoms with Crippen molar-refractivity contribution in [1.29, 1.82) is 0 Å². The number of hydrogen-bond acceptors (Lipinski definition) is 6. The van der Waals surface area contributed by atoms with E-state index in [1.807, 2.05) is 0 Å². The van der Waals surface area contributed by atoms with Crippen LogP contribution < -0.4 is 19.3 Å². The van der Waals surface area contributed by atoms with E-state index in [0.29, 0.717) is 34.7 Å². The van der Waals surface area contributed by atoms with Crippen molar-refractivity contribution in [2.75, 3.05) is 23.5 Å². The van der Waals surface area contributed by atoms with E-state index in [0.717, 1.165) is 19.3 Å². The van der Waals surface area contributed by atoms with Gasteiger partial charge in [-0.05, 0) is 79.6 Å². The van der Waals surface area contributed by atoms with E-state index >= 15 is 0 Å². The highest BCUT2D eigenvalue weighted by Crippen LogP contribution is 2.56. The second-order valence-electron chi connectivity index (χ2n) is 9.92. The molecule has 6 rings (SSSR count). The van der Waals surface area contributed by atoms with Crippen molar-refractivity contribution >= 4 is 35.1 Å². The maximum absolute atomic E-state index is 13.0. The van der Waals surface area contributed by atoms with Crippen LogP contribution in [0.25, 0.3) is 0 Å². The first kappa shape index (κ1) is 21.8. The number of benzene rings is 2. The molecule has 2 bridgehead atoms. The summed E-state index contributed by atoms with van der Waals surface area (Å²) in [5, 5.41) is 0. The summed E-state index contributed by atoms with van der Waals surface area (Å²) in [4.78, 5) is 54.2. The minimum Gasteiger partial charge on any atom is -0.497 e. The Bertz CT molecular complexity index is 1180. The predicted octanol–water partition coefficient (Wildman–Crippen LogP) is 3.19. The van der Waals surface area contributed by atoms with Gasteiger partial charge in [0.15, 0.2) is 0 Å². The fourth-order valence-electron chi connectivity index (χ4n) is 6.40. The molecular weight excluding hydrogens is 448 g/mol. The van der Waals surface area contributed by atoms with Crippen LogP contribution in [0.3, 0.4) is 0 Å². The third kappa shape index (κ3) is 3.50. The number of esters is 1. The average Bonchev–Trinajstić information content (AvgIpc) is 3.63. The Morgan fingerprint density at radius 3 is 2.00 bits per heavy atom. The van der Waals surface area contributed by atoms with Gasteiger partial charge in [-0.25, -0.2) is 0 Å². The van der Waals surface area contributed by atoms with E-state index in [9.17, 15) is 19.2 Å². The van der Waals surface area contributed by atoms with Gasteiger partial charge in [0.25, 0.3) is 0 Å². The molecule has 2 saturated heterocycles. The molecule has 3 amide bonds. The number of methoxy groups -OCH3 is 1. The molecule has 180 valence electrons. The van der Waals surface area contributed by atoms with Crippen LogP contribution in [0.2, 0.25) is 0 Å². The lowest BCUT2D eigenvalue weighted by molar-refractivity contribution is -0.139. The SMILES string of the molecule is COc1ccc(N2C[C@H](C(=O)Oc3ccc(N4C(=O)[C@H]5[C@H]6CC[C@@H](C6)[C@@H]5C4=O)cc3)CC2=O)cc1. The van der Waals surface area contributed by atoms with Gasteiger partial charge < -0.3 is 14.4 Å². The lowest BCUT2D eigenvalue weighted by Gasteiger charge is -2.19. The quantitative estimate of drug-likeness (QED) is 0.375. The summed E-state index contributed by atoms with van der Waals surface area (Å²) < 4.78 is 10.7. The summed E-state index contributed by atoms with van der Waals surface area (Å²) in [5.74, 6) is -0.0853. The Hall–Kier alpha value is -3.68. The third-order valence-corrected chi connectivity index (χ3v) is 8.08. The lowest BCUT2D eigenvalue weighted by atomic mass is 9.81. The standard InChI is InChI=1S/C27H26N2O6/c1-34-20-8-4-18(5-9-20)28-14-17(13-22(28)30)27(33)35-21-10-6-19(7-11-21)29-25(31)23-15-2-3-16(12-15)24(23)26(29)32/h4-11,15-17,23-24H,2-3,12-14H2,1H3/t15-,16-,17+,23-,24-/m0/s1. The highest BCUT2D eigenvalue weighted by molar-refractivity contribution is 6.22. The number of hydrogen-bond donors (Lipinski definition) is 0. The topological polar surface area (TPSA) is 93.2 Å². The van der Waals surface area contributed by atoms with E-state index in [1.165, 1.54) is 4.90 Å². The van der Waals surface area contributed by atoms with Crippen LogP contribution in [0.1, 0.15) is 25.7 Å². The average molecular weight is 475 g/mol. The van der Waals surface area contributed by atoms with Crippen molar-refractivity contribution in [1.82, 2.24) is 0 Å². The van der Waals surface area contributed by atoms with Gasteiger partial charge in [0.1, 0.15) is 11.5 Å². The molecule has 8 nitrogen and oxygen atoms in total. The molecule has 4 aliphatic rings. The van der Waals surface area contributed by atoms with Gasteiger partial charge in [0.2, 0.25) is 17.7 Å². The summed E-state index contributed by atoms with van der Waals surface area (Å²) in [5.41, 5.74) is 1.21. The molecule has 2 aromatic carbocycles. The van der Waals surface area contributed by atoms with Gasteiger partial charge in [-0.15, -0.1) is 0 Å². The predicted molar refractivity (Wildman–Crippen MR) is 126 cm³/mol. The zero-order valence-corrected chi connectivity index (χ0v) is 19.4. The Balaban J connectivity index is 1.11. The maximum atomic E-state index is 13.0. The van der Waals surface area contributed by atoms with E-state index in [1.54, 1.807) is 60.5 Å². The number of carbonyl (C=O) groups excluding carboxylic acids is 4. The molecule has 4 fully saturated rings. The first-order chi connectivity index (χ1) is 16.9. The van der Waals surface area contributed by atoms with E-state index < -0.39 is 11.9 Å².